The quantitative estimate of drug-likeness (QED) is 0.765. The van der Waals surface area contributed by atoms with E-state index in [1.165, 1.54) is 19.1 Å². The van der Waals surface area contributed by atoms with Crippen LogP contribution in [0.4, 0.5) is 5.69 Å². The Hall–Kier alpha value is -2.29. The number of nitrogens with one attached hydrogen (secondary N) is 1. The van der Waals surface area contributed by atoms with Crippen molar-refractivity contribution in [3.8, 4) is 11.5 Å². The van der Waals surface area contributed by atoms with Crippen molar-refractivity contribution >= 4 is 27.3 Å². The second-order valence-corrected chi connectivity index (χ2v) is 7.90. The van der Waals surface area contributed by atoms with Gasteiger partial charge in [-0.1, -0.05) is 0 Å². The number of amides is 2. The summed E-state index contributed by atoms with van der Waals surface area (Å²) in [4.78, 5) is 26.1. The number of ether oxygens (including phenoxy) is 2. The molecule has 138 valence electrons. The molecule has 1 aromatic carbocycles. The molecule has 0 aliphatic carbocycles. The maximum atomic E-state index is 12.5. The topological polar surface area (TPSA) is 102 Å². The number of hydrogen-bond donors (Lipinski definition) is 1. The Labute approximate surface area is 147 Å². The lowest BCUT2D eigenvalue weighted by Crippen LogP contribution is -2.46. The number of likely N-dealkylation sites (N-methyl/N-ethyl adjacent to an activating group) is 1. The van der Waals surface area contributed by atoms with E-state index < -0.39 is 27.7 Å². The van der Waals surface area contributed by atoms with E-state index in [2.05, 4.69) is 5.32 Å². The van der Waals surface area contributed by atoms with Gasteiger partial charge in [-0.05, 0) is 25.5 Å². The fraction of sp³-hybridized carbons (Fsp3) is 0.500. The number of carbonyl (C=O) groups excluding carboxylic acids is 2. The lowest BCUT2D eigenvalue weighted by Gasteiger charge is -2.26. The second-order valence-electron chi connectivity index (χ2n) is 5.67. The minimum atomic E-state index is -3.15. The van der Waals surface area contributed by atoms with Crippen LogP contribution >= 0.6 is 0 Å². The molecule has 2 rings (SSSR count). The lowest BCUT2D eigenvalue weighted by atomic mass is 10.2. The van der Waals surface area contributed by atoms with Gasteiger partial charge >= 0.3 is 11.8 Å². The van der Waals surface area contributed by atoms with Crippen LogP contribution in [0.3, 0.4) is 0 Å². The molecule has 25 heavy (non-hydrogen) atoms. The molecule has 1 saturated heterocycles. The van der Waals surface area contributed by atoms with Crippen molar-refractivity contribution in [2.45, 2.75) is 19.4 Å². The average Bonchev–Trinajstić information content (AvgIpc) is 2.95. The first-order valence-corrected chi connectivity index (χ1v) is 9.67. The highest BCUT2D eigenvalue weighted by atomic mass is 32.2. The monoisotopic (exact) mass is 370 g/mol. The van der Waals surface area contributed by atoms with Gasteiger partial charge in [0.2, 0.25) is 0 Å². The number of anilines is 1. The van der Waals surface area contributed by atoms with Gasteiger partial charge in [0.25, 0.3) is 0 Å². The van der Waals surface area contributed by atoms with Crippen molar-refractivity contribution in [3.63, 3.8) is 0 Å². The number of benzene rings is 1. The summed E-state index contributed by atoms with van der Waals surface area (Å²) in [6.07, 6.45) is 0.348. The molecule has 1 N–H and O–H groups in total. The Bertz CT molecular complexity index is 762. The first kappa shape index (κ1) is 19.0. The molecular formula is C16H22N2O6S. The van der Waals surface area contributed by atoms with E-state index in [9.17, 15) is 18.0 Å². The lowest BCUT2D eigenvalue weighted by molar-refractivity contribution is -0.144. The van der Waals surface area contributed by atoms with Gasteiger partial charge in [-0.15, -0.1) is 0 Å². The highest BCUT2D eigenvalue weighted by Gasteiger charge is 2.36. The highest BCUT2D eigenvalue weighted by Crippen LogP contribution is 2.29. The van der Waals surface area contributed by atoms with Crippen molar-refractivity contribution in [2.75, 3.05) is 37.6 Å². The third-order valence-electron chi connectivity index (χ3n) is 4.10. The number of sulfone groups is 1. The van der Waals surface area contributed by atoms with E-state index in [0.717, 1.165) is 0 Å². The summed E-state index contributed by atoms with van der Waals surface area (Å²) in [5, 5.41) is 2.51. The molecule has 1 aliphatic heterocycles. The zero-order valence-corrected chi connectivity index (χ0v) is 15.3. The second kappa shape index (κ2) is 7.73. The van der Waals surface area contributed by atoms with Gasteiger partial charge < -0.3 is 19.7 Å². The first-order valence-electron chi connectivity index (χ1n) is 7.85. The van der Waals surface area contributed by atoms with Crippen molar-refractivity contribution in [3.05, 3.63) is 18.2 Å². The number of rotatable bonds is 5. The summed E-state index contributed by atoms with van der Waals surface area (Å²) in [5.74, 6) is -0.766. The summed E-state index contributed by atoms with van der Waals surface area (Å²) in [6.45, 7) is 1.97. The maximum Gasteiger partial charge on any atom is 0.314 e. The summed E-state index contributed by atoms with van der Waals surface area (Å²) in [6, 6.07) is 4.32. The Morgan fingerprint density at radius 3 is 2.52 bits per heavy atom. The molecule has 1 unspecified atom stereocenters. The predicted molar refractivity (Wildman–Crippen MR) is 92.6 cm³/mol. The van der Waals surface area contributed by atoms with Crippen molar-refractivity contribution in [1.29, 1.82) is 0 Å². The van der Waals surface area contributed by atoms with Gasteiger partial charge in [0.05, 0.1) is 31.4 Å². The molecule has 0 bridgehead atoms. The van der Waals surface area contributed by atoms with Crippen LogP contribution in [0.15, 0.2) is 18.2 Å². The molecule has 0 radical (unpaired) electrons. The summed E-state index contributed by atoms with van der Waals surface area (Å²) >= 11 is 0. The van der Waals surface area contributed by atoms with Gasteiger partial charge in [-0.3, -0.25) is 9.59 Å². The van der Waals surface area contributed by atoms with Crippen molar-refractivity contribution in [1.82, 2.24) is 4.90 Å². The Balaban J connectivity index is 2.13. The number of hydrogen-bond acceptors (Lipinski definition) is 6. The van der Waals surface area contributed by atoms with Crippen LogP contribution in [-0.2, 0) is 19.4 Å². The molecule has 0 aromatic heterocycles. The van der Waals surface area contributed by atoms with E-state index in [1.807, 2.05) is 0 Å². The molecule has 9 heteroatoms. The SMILES string of the molecule is CCN(C(=O)C(=O)Nc1ccc(OC)cc1OC)C1CCS(=O)(=O)C1. The third kappa shape index (κ3) is 4.41. The van der Waals surface area contributed by atoms with Crippen LogP contribution in [-0.4, -0.2) is 63.4 Å². The summed E-state index contributed by atoms with van der Waals surface area (Å²) in [7, 11) is -0.203. The van der Waals surface area contributed by atoms with Gasteiger partial charge in [0.15, 0.2) is 9.84 Å². The van der Waals surface area contributed by atoms with Crippen LogP contribution in [0, 0.1) is 0 Å². The van der Waals surface area contributed by atoms with Gasteiger partial charge in [-0.2, -0.15) is 0 Å². The molecule has 2 amide bonds. The normalized spacial score (nSPS) is 18.4. The first-order chi connectivity index (χ1) is 11.8. The van der Waals surface area contributed by atoms with Crippen molar-refractivity contribution < 1.29 is 27.5 Å². The fourth-order valence-corrected chi connectivity index (χ4v) is 4.53. The predicted octanol–water partition coefficient (Wildman–Crippen LogP) is 0.678. The minimum absolute atomic E-state index is 0.0371. The van der Waals surface area contributed by atoms with E-state index in [-0.39, 0.29) is 18.1 Å². The number of carbonyl (C=O) groups is 2. The van der Waals surface area contributed by atoms with Crippen LogP contribution in [0.25, 0.3) is 0 Å². The molecule has 1 aliphatic rings. The van der Waals surface area contributed by atoms with E-state index in [4.69, 9.17) is 9.47 Å². The van der Waals surface area contributed by atoms with Crippen LogP contribution in [0.5, 0.6) is 11.5 Å². The highest BCUT2D eigenvalue weighted by molar-refractivity contribution is 7.91. The third-order valence-corrected chi connectivity index (χ3v) is 5.85. The molecular weight excluding hydrogens is 348 g/mol. The summed E-state index contributed by atoms with van der Waals surface area (Å²) < 4.78 is 33.5. The standard InChI is InChI=1S/C16H22N2O6S/c1-4-18(11-7-8-25(21,22)10-11)16(20)15(19)17-13-6-5-12(23-2)9-14(13)24-3/h5-6,9,11H,4,7-8,10H2,1-3H3,(H,17,19). The Kier molecular flexibility index (Phi) is 5.89. The van der Waals surface area contributed by atoms with Gasteiger partial charge in [-0.25, -0.2) is 8.42 Å². The average molecular weight is 370 g/mol. The smallest absolute Gasteiger partial charge is 0.314 e. The van der Waals surface area contributed by atoms with E-state index in [0.29, 0.717) is 23.6 Å². The van der Waals surface area contributed by atoms with E-state index in [1.54, 1.807) is 25.1 Å². The van der Waals surface area contributed by atoms with Crippen LogP contribution < -0.4 is 14.8 Å². The van der Waals surface area contributed by atoms with Gasteiger partial charge in [0.1, 0.15) is 11.5 Å². The molecule has 8 nitrogen and oxygen atoms in total. The minimum Gasteiger partial charge on any atom is -0.497 e. The molecule has 1 fully saturated rings. The van der Waals surface area contributed by atoms with Gasteiger partial charge in [0, 0.05) is 18.7 Å². The largest absolute Gasteiger partial charge is 0.497 e. The molecule has 1 heterocycles. The number of methoxy groups -OCH3 is 2. The summed E-state index contributed by atoms with van der Waals surface area (Å²) in [5.41, 5.74) is 0.330. The zero-order valence-electron chi connectivity index (χ0n) is 14.4. The molecule has 0 spiro atoms. The van der Waals surface area contributed by atoms with Crippen LogP contribution in [0.1, 0.15) is 13.3 Å². The van der Waals surface area contributed by atoms with E-state index >= 15 is 0 Å². The fourth-order valence-electron chi connectivity index (χ4n) is 2.80. The van der Waals surface area contributed by atoms with Crippen LogP contribution in [0.2, 0.25) is 0 Å². The maximum absolute atomic E-state index is 12.5. The molecule has 1 atom stereocenters. The molecule has 1 aromatic rings. The molecule has 0 saturated carbocycles. The Morgan fingerprint density at radius 1 is 1.28 bits per heavy atom. The van der Waals surface area contributed by atoms with Crippen molar-refractivity contribution in [2.24, 2.45) is 0 Å². The number of nitrogens with zero attached hydrogens (tertiary/aromatic N) is 1. The Morgan fingerprint density at radius 2 is 2.00 bits per heavy atom. The zero-order chi connectivity index (χ0) is 18.6.